The zero-order chi connectivity index (χ0) is 16.7. The summed E-state index contributed by atoms with van der Waals surface area (Å²) in [5.41, 5.74) is 4.99. The zero-order valence-corrected chi connectivity index (χ0v) is 13.5. The molecule has 0 atom stereocenters. The van der Waals surface area contributed by atoms with Gasteiger partial charge in [-0.25, -0.2) is 0 Å². The van der Waals surface area contributed by atoms with E-state index in [2.05, 4.69) is 10.9 Å². The number of benzene rings is 1. The number of carbonyl (C=O) groups excluding carboxylic acids is 2. The van der Waals surface area contributed by atoms with Crippen molar-refractivity contribution in [2.75, 3.05) is 14.2 Å². The molecule has 0 aliphatic carbocycles. The van der Waals surface area contributed by atoms with Gasteiger partial charge in [0.15, 0.2) is 11.5 Å². The molecule has 23 heavy (non-hydrogen) atoms. The van der Waals surface area contributed by atoms with Gasteiger partial charge in [0.1, 0.15) is 0 Å². The van der Waals surface area contributed by atoms with Crippen molar-refractivity contribution in [3.05, 3.63) is 52.2 Å². The molecule has 7 heteroatoms. The Labute approximate surface area is 137 Å². The fourth-order valence-electron chi connectivity index (χ4n) is 1.75. The number of hydrazine groups is 1. The molecule has 0 saturated carbocycles. The Balaban J connectivity index is 1.93. The number of amides is 2. The Kier molecular flexibility index (Phi) is 5.76. The lowest BCUT2D eigenvalue weighted by molar-refractivity contribution is -0.117. The van der Waals surface area contributed by atoms with Crippen molar-refractivity contribution in [1.29, 1.82) is 0 Å². The first kappa shape index (κ1) is 16.6. The van der Waals surface area contributed by atoms with Gasteiger partial charge in [-0.05, 0) is 35.7 Å². The van der Waals surface area contributed by atoms with Crippen LogP contribution in [0.5, 0.6) is 11.5 Å². The van der Waals surface area contributed by atoms with Crippen LogP contribution in [0, 0.1) is 0 Å². The van der Waals surface area contributed by atoms with Crippen molar-refractivity contribution >= 4 is 29.2 Å². The number of hydrogen-bond donors (Lipinski definition) is 2. The van der Waals surface area contributed by atoms with Crippen LogP contribution in [0.3, 0.4) is 0 Å². The monoisotopic (exact) mass is 332 g/mol. The Morgan fingerprint density at radius 3 is 2.52 bits per heavy atom. The molecule has 6 nitrogen and oxygen atoms in total. The van der Waals surface area contributed by atoms with E-state index < -0.39 is 11.8 Å². The lowest BCUT2D eigenvalue weighted by atomic mass is 10.2. The molecule has 0 spiro atoms. The van der Waals surface area contributed by atoms with E-state index in [0.29, 0.717) is 17.1 Å². The number of thiophene rings is 1. The lowest BCUT2D eigenvalue weighted by Crippen LogP contribution is -2.40. The number of ether oxygens (including phenoxy) is 2. The molecule has 0 aliphatic heterocycles. The van der Waals surface area contributed by atoms with Gasteiger partial charge in [0, 0.05) is 16.5 Å². The highest BCUT2D eigenvalue weighted by Crippen LogP contribution is 2.27. The standard InChI is InChI=1S/C16H16N2O4S/c1-21-13-7-5-11(10-14(13)22-2)16(20)18-17-15(19)8-6-12-4-3-9-23-12/h3-10H,1-2H3,(H,17,19)(H,18,20)/b8-6+. The SMILES string of the molecule is COc1ccc(C(=O)NNC(=O)/C=C/c2cccs2)cc1OC. The Morgan fingerprint density at radius 2 is 1.87 bits per heavy atom. The first-order valence-corrected chi connectivity index (χ1v) is 7.56. The van der Waals surface area contributed by atoms with Crippen LogP contribution in [0.2, 0.25) is 0 Å². The number of carbonyl (C=O) groups is 2. The van der Waals surface area contributed by atoms with Gasteiger partial charge in [0.25, 0.3) is 11.8 Å². The van der Waals surface area contributed by atoms with Crippen LogP contribution < -0.4 is 20.3 Å². The second-order valence-electron chi connectivity index (χ2n) is 4.36. The summed E-state index contributed by atoms with van der Waals surface area (Å²) in [5, 5.41) is 1.91. The third-order valence-corrected chi connectivity index (χ3v) is 3.72. The molecule has 0 saturated heterocycles. The summed E-state index contributed by atoms with van der Waals surface area (Å²) in [6, 6.07) is 8.50. The number of nitrogens with one attached hydrogen (secondary N) is 2. The van der Waals surface area contributed by atoms with E-state index in [1.165, 1.54) is 37.7 Å². The summed E-state index contributed by atoms with van der Waals surface area (Å²) in [6.07, 6.45) is 3.02. The van der Waals surface area contributed by atoms with Gasteiger partial charge in [0.05, 0.1) is 14.2 Å². The highest BCUT2D eigenvalue weighted by Gasteiger charge is 2.10. The molecule has 2 rings (SSSR count). The maximum atomic E-state index is 12.0. The largest absolute Gasteiger partial charge is 0.493 e. The van der Waals surface area contributed by atoms with Crippen LogP contribution in [0.4, 0.5) is 0 Å². The van der Waals surface area contributed by atoms with Gasteiger partial charge in [-0.1, -0.05) is 6.07 Å². The van der Waals surface area contributed by atoms with Crippen molar-refractivity contribution < 1.29 is 19.1 Å². The average Bonchev–Trinajstić information content (AvgIpc) is 3.10. The second kappa shape index (κ2) is 8.00. The molecular weight excluding hydrogens is 316 g/mol. The molecule has 0 unspecified atom stereocenters. The van der Waals surface area contributed by atoms with E-state index >= 15 is 0 Å². The van der Waals surface area contributed by atoms with Gasteiger partial charge >= 0.3 is 0 Å². The van der Waals surface area contributed by atoms with Gasteiger partial charge in [-0.15, -0.1) is 11.3 Å². The lowest BCUT2D eigenvalue weighted by Gasteiger charge is -2.10. The molecule has 0 bridgehead atoms. The summed E-state index contributed by atoms with van der Waals surface area (Å²) < 4.78 is 10.2. The highest BCUT2D eigenvalue weighted by atomic mass is 32.1. The van der Waals surface area contributed by atoms with E-state index in [0.717, 1.165) is 4.88 Å². The minimum atomic E-state index is -0.455. The van der Waals surface area contributed by atoms with E-state index in [4.69, 9.17) is 9.47 Å². The molecular formula is C16H16N2O4S. The number of methoxy groups -OCH3 is 2. The third-order valence-electron chi connectivity index (χ3n) is 2.89. The molecule has 0 aliphatic rings. The van der Waals surface area contributed by atoms with E-state index in [1.807, 2.05) is 17.5 Å². The van der Waals surface area contributed by atoms with Crippen LogP contribution in [-0.2, 0) is 4.79 Å². The maximum absolute atomic E-state index is 12.0. The molecule has 1 aromatic heterocycles. The highest BCUT2D eigenvalue weighted by molar-refractivity contribution is 7.10. The molecule has 120 valence electrons. The van der Waals surface area contributed by atoms with Crippen LogP contribution in [0.1, 0.15) is 15.2 Å². The van der Waals surface area contributed by atoms with Crippen LogP contribution >= 0.6 is 11.3 Å². The van der Waals surface area contributed by atoms with E-state index in [1.54, 1.807) is 18.2 Å². The zero-order valence-electron chi connectivity index (χ0n) is 12.7. The second-order valence-corrected chi connectivity index (χ2v) is 5.34. The first-order chi connectivity index (χ1) is 11.1. The molecule has 2 N–H and O–H groups in total. The fraction of sp³-hybridized carbons (Fsp3) is 0.125. The predicted molar refractivity (Wildman–Crippen MR) is 88.5 cm³/mol. The van der Waals surface area contributed by atoms with E-state index in [-0.39, 0.29) is 0 Å². The molecule has 1 aromatic carbocycles. The Hall–Kier alpha value is -2.80. The number of hydrogen-bond acceptors (Lipinski definition) is 5. The third kappa shape index (κ3) is 4.58. The summed E-state index contributed by atoms with van der Waals surface area (Å²) in [5.74, 6) is 0.0760. The van der Waals surface area contributed by atoms with Gasteiger partial charge in [0.2, 0.25) is 0 Å². The Morgan fingerprint density at radius 1 is 1.09 bits per heavy atom. The van der Waals surface area contributed by atoms with Crippen molar-refractivity contribution in [2.24, 2.45) is 0 Å². The van der Waals surface area contributed by atoms with Crippen LogP contribution in [-0.4, -0.2) is 26.0 Å². The molecule has 2 amide bonds. The topological polar surface area (TPSA) is 76.7 Å². The van der Waals surface area contributed by atoms with Crippen molar-refractivity contribution in [1.82, 2.24) is 10.9 Å². The smallest absolute Gasteiger partial charge is 0.269 e. The average molecular weight is 332 g/mol. The summed E-state index contributed by atoms with van der Waals surface area (Å²) in [6.45, 7) is 0. The van der Waals surface area contributed by atoms with Gasteiger partial charge in [-0.3, -0.25) is 20.4 Å². The van der Waals surface area contributed by atoms with Crippen molar-refractivity contribution in [2.45, 2.75) is 0 Å². The predicted octanol–water partition coefficient (Wildman–Crippen LogP) is 2.24. The normalized spacial score (nSPS) is 10.3. The summed E-state index contributed by atoms with van der Waals surface area (Å²) in [7, 11) is 2.99. The molecule has 1 heterocycles. The molecule has 0 fully saturated rings. The quantitative estimate of drug-likeness (QED) is 0.650. The summed E-state index contributed by atoms with van der Waals surface area (Å²) in [4.78, 5) is 24.6. The molecule has 2 aromatic rings. The minimum absolute atomic E-state index is 0.338. The van der Waals surface area contributed by atoms with Gasteiger partial charge in [-0.2, -0.15) is 0 Å². The van der Waals surface area contributed by atoms with E-state index in [9.17, 15) is 9.59 Å². The fourth-order valence-corrected chi connectivity index (χ4v) is 2.37. The van der Waals surface area contributed by atoms with Gasteiger partial charge < -0.3 is 9.47 Å². The Bertz CT molecular complexity index is 711. The van der Waals surface area contributed by atoms with Crippen molar-refractivity contribution in [3.8, 4) is 11.5 Å². The molecule has 0 radical (unpaired) electrons. The van der Waals surface area contributed by atoms with Crippen LogP contribution in [0.25, 0.3) is 6.08 Å². The summed E-state index contributed by atoms with van der Waals surface area (Å²) >= 11 is 1.51. The van der Waals surface area contributed by atoms with Crippen LogP contribution in [0.15, 0.2) is 41.8 Å². The maximum Gasteiger partial charge on any atom is 0.269 e. The first-order valence-electron chi connectivity index (χ1n) is 6.68. The number of rotatable bonds is 5. The minimum Gasteiger partial charge on any atom is -0.493 e. The van der Waals surface area contributed by atoms with Crippen molar-refractivity contribution in [3.63, 3.8) is 0 Å².